The number of aryl methyl sites for hydroxylation is 1. The van der Waals surface area contributed by atoms with Crippen LogP contribution in [0.1, 0.15) is 43.0 Å². The molecule has 0 unspecified atom stereocenters. The number of hydrogen-bond acceptors (Lipinski definition) is 6. The predicted molar refractivity (Wildman–Crippen MR) is 144 cm³/mol. The normalized spacial score (nSPS) is 18.8. The maximum atomic E-state index is 13.6. The lowest BCUT2D eigenvalue weighted by Crippen LogP contribution is -2.45. The number of nitrogens with two attached hydrogens (primary N) is 1. The molecule has 1 amide bonds. The average Bonchev–Trinajstić information content (AvgIpc) is 3.29. The van der Waals surface area contributed by atoms with Gasteiger partial charge in [0.15, 0.2) is 0 Å². The smallest absolute Gasteiger partial charge is 0.264 e. The second-order valence-corrected chi connectivity index (χ2v) is 10.2. The van der Waals surface area contributed by atoms with E-state index in [1.807, 2.05) is 47.0 Å². The maximum Gasteiger partial charge on any atom is 0.264 e. The van der Waals surface area contributed by atoms with E-state index in [-0.39, 0.29) is 30.0 Å². The molecule has 37 heavy (non-hydrogen) atoms. The molecule has 0 radical (unpaired) electrons. The summed E-state index contributed by atoms with van der Waals surface area (Å²) in [5.41, 5.74) is 8.24. The number of hydrogen-bond donors (Lipinski definition) is 2. The predicted octanol–water partition coefficient (Wildman–Crippen LogP) is 4.50. The van der Waals surface area contributed by atoms with Crippen molar-refractivity contribution in [3.63, 3.8) is 0 Å². The molecule has 0 bridgehead atoms. The first-order valence-corrected chi connectivity index (χ1v) is 13.1. The molecule has 1 saturated carbocycles. The second kappa shape index (κ2) is 11.0. The maximum absolute atomic E-state index is 13.6. The summed E-state index contributed by atoms with van der Waals surface area (Å²) < 4.78 is 12.8. The zero-order valence-electron chi connectivity index (χ0n) is 20.8. The van der Waals surface area contributed by atoms with E-state index in [0.717, 1.165) is 42.1 Å². The molecule has 0 saturated heterocycles. The van der Waals surface area contributed by atoms with Gasteiger partial charge in [-0.2, -0.15) is 0 Å². The molecule has 3 atom stereocenters. The van der Waals surface area contributed by atoms with E-state index in [4.69, 9.17) is 26.6 Å². The fraction of sp³-hybridized carbons (Fsp3) is 0.393. The first-order chi connectivity index (χ1) is 17.9. The van der Waals surface area contributed by atoms with Crippen LogP contribution < -0.4 is 16.6 Å². The third kappa shape index (κ3) is 5.28. The van der Waals surface area contributed by atoms with Gasteiger partial charge in [-0.05, 0) is 49.8 Å². The molecule has 8 nitrogen and oxygen atoms in total. The molecule has 4 aromatic rings. The van der Waals surface area contributed by atoms with Crippen LogP contribution in [-0.2, 0) is 16.1 Å². The summed E-state index contributed by atoms with van der Waals surface area (Å²) >= 11 is 6.56. The van der Waals surface area contributed by atoms with Crippen LogP contribution in [0, 0.1) is 12.8 Å². The zero-order valence-corrected chi connectivity index (χ0v) is 21.5. The van der Waals surface area contributed by atoms with Gasteiger partial charge in [0.25, 0.3) is 5.56 Å². The number of pyridine rings is 1. The molecular formula is C28H31ClN4O4. The van der Waals surface area contributed by atoms with Crippen LogP contribution in [0.4, 0.5) is 0 Å². The molecule has 2 heterocycles. The summed E-state index contributed by atoms with van der Waals surface area (Å²) in [6, 6.07) is 14.6. The Morgan fingerprint density at radius 2 is 2.03 bits per heavy atom. The number of aromatic nitrogens is 2. The SMILES string of the molecule is Cc1onc2c1c(=O)n([C@@H]1CCC[C@H](CNC(=O)[C@H](N)COCc3ccccc3)C1)c1cccc(Cl)c21. The summed E-state index contributed by atoms with van der Waals surface area (Å²) in [6.45, 7) is 2.81. The molecule has 5 rings (SSSR count). The van der Waals surface area contributed by atoms with E-state index in [2.05, 4.69) is 10.5 Å². The van der Waals surface area contributed by atoms with Gasteiger partial charge in [0.2, 0.25) is 5.91 Å². The highest BCUT2D eigenvalue weighted by atomic mass is 35.5. The average molecular weight is 523 g/mol. The summed E-state index contributed by atoms with van der Waals surface area (Å²) in [6.07, 6.45) is 3.55. The van der Waals surface area contributed by atoms with Gasteiger partial charge in [-0.3, -0.25) is 9.59 Å². The second-order valence-electron chi connectivity index (χ2n) is 9.81. The van der Waals surface area contributed by atoms with Crippen molar-refractivity contribution < 1.29 is 14.1 Å². The highest BCUT2D eigenvalue weighted by Crippen LogP contribution is 2.36. The van der Waals surface area contributed by atoms with Crippen LogP contribution in [0.2, 0.25) is 5.02 Å². The molecule has 1 aliphatic rings. The van der Waals surface area contributed by atoms with Gasteiger partial charge in [0, 0.05) is 18.0 Å². The van der Waals surface area contributed by atoms with Crippen molar-refractivity contribution >= 4 is 39.3 Å². The molecule has 1 fully saturated rings. The van der Waals surface area contributed by atoms with Crippen molar-refractivity contribution in [3.8, 4) is 0 Å². The van der Waals surface area contributed by atoms with Crippen LogP contribution in [0.15, 0.2) is 57.8 Å². The highest BCUT2D eigenvalue weighted by molar-refractivity contribution is 6.37. The Morgan fingerprint density at radius 1 is 1.22 bits per heavy atom. The topological polar surface area (TPSA) is 112 Å². The number of carbonyl (C=O) groups is 1. The number of carbonyl (C=O) groups excluding carboxylic acids is 1. The number of fused-ring (bicyclic) bond motifs is 3. The van der Waals surface area contributed by atoms with Crippen molar-refractivity contribution in [3.05, 3.63) is 75.2 Å². The lowest BCUT2D eigenvalue weighted by molar-refractivity contribution is -0.124. The van der Waals surface area contributed by atoms with Gasteiger partial charge in [0.1, 0.15) is 22.7 Å². The largest absolute Gasteiger partial charge is 0.375 e. The number of benzene rings is 2. The Balaban J connectivity index is 1.26. The van der Waals surface area contributed by atoms with Crippen LogP contribution >= 0.6 is 11.6 Å². The molecular weight excluding hydrogens is 492 g/mol. The standard InChI is InChI=1S/C28H31ClN4O4/c1-17-24-26(32-37-17)25-21(29)11-6-12-23(25)33(28(24)35)20-10-5-9-19(13-20)14-31-27(34)22(30)16-36-15-18-7-3-2-4-8-18/h2-4,6-8,11-12,19-20,22H,5,9-10,13-16,30H2,1H3,(H,31,34)/t19-,20+,22+/m0/s1. The lowest BCUT2D eigenvalue weighted by atomic mass is 9.85. The molecule has 2 aromatic carbocycles. The Bertz CT molecular complexity index is 1470. The van der Waals surface area contributed by atoms with E-state index < -0.39 is 6.04 Å². The fourth-order valence-corrected chi connectivity index (χ4v) is 5.61. The van der Waals surface area contributed by atoms with Crippen LogP contribution in [0.25, 0.3) is 21.8 Å². The highest BCUT2D eigenvalue weighted by Gasteiger charge is 2.28. The Hall–Kier alpha value is -3.20. The number of ether oxygens (including phenoxy) is 1. The summed E-state index contributed by atoms with van der Waals surface area (Å²) in [4.78, 5) is 26.2. The number of nitrogens with one attached hydrogen (secondary N) is 1. The Kier molecular flexibility index (Phi) is 7.60. The van der Waals surface area contributed by atoms with E-state index in [1.165, 1.54) is 0 Å². The minimum Gasteiger partial charge on any atom is -0.375 e. The quantitative estimate of drug-likeness (QED) is 0.352. The van der Waals surface area contributed by atoms with Crippen molar-refractivity contribution in [2.45, 2.75) is 51.3 Å². The minimum absolute atomic E-state index is 0.0225. The number of halogens is 1. The van der Waals surface area contributed by atoms with Crippen molar-refractivity contribution in [1.82, 2.24) is 15.0 Å². The summed E-state index contributed by atoms with van der Waals surface area (Å²) in [5.74, 6) is 0.477. The number of nitrogens with zero attached hydrogens (tertiary/aromatic N) is 2. The third-order valence-corrected chi connectivity index (χ3v) is 7.53. The molecule has 0 spiro atoms. The van der Waals surface area contributed by atoms with Gasteiger partial charge in [0.05, 0.1) is 23.8 Å². The summed E-state index contributed by atoms with van der Waals surface area (Å²) in [5, 5.41) is 8.86. The first-order valence-electron chi connectivity index (χ1n) is 12.7. The van der Waals surface area contributed by atoms with Crippen molar-refractivity contribution in [2.75, 3.05) is 13.2 Å². The Morgan fingerprint density at radius 3 is 2.84 bits per heavy atom. The van der Waals surface area contributed by atoms with Gasteiger partial charge < -0.3 is 24.9 Å². The number of rotatable bonds is 8. The lowest BCUT2D eigenvalue weighted by Gasteiger charge is -2.32. The van der Waals surface area contributed by atoms with E-state index in [0.29, 0.717) is 34.8 Å². The van der Waals surface area contributed by atoms with E-state index >= 15 is 0 Å². The van der Waals surface area contributed by atoms with Gasteiger partial charge in [-0.15, -0.1) is 0 Å². The first kappa shape index (κ1) is 25.4. The zero-order chi connectivity index (χ0) is 25.9. The third-order valence-electron chi connectivity index (χ3n) is 7.21. The van der Waals surface area contributed by atoms with Crippen LogP contribution in [-0.4, -0.2) is 34.8 Å². The van der Waals surface area contributed by atoms with Crippen molar-refractivity contribution in [2.24, 2.45) is 11.7 Å². The molecule has 3 N–H and O–H groups in total. The number of amides is 1. The molecule has 1 aliphatic carbocycles. The summed E-state index contributed by atoms with van der Waals surface area (Å²) in [7, 11) is 0. The molecule has 194 valence electrons. The van der Waals surface area contributed by atoms with Crippen LogP contribution in [0.3, 0.4) is 0 Å². The molecule has 2 aromatic heterocycles. The minimum atomic E-state index is -0.740. The molecule has 0 aliphatic heterocycles. The van der Waals surface area contributed by atoms with Gasteiger partial charge >= 0.3 is 0 Å². The Labute approximate surface area is 219 Å². The monoisotopic (exact) mass is 522 g/mol. The fourth-order valence-electron chi connectivity index (χ4n) is 5.35. The molecule has 9 heteroatoms. The van der Waals surface area contributed by atoms with E-state index in [1.54, 1.807) is 13.0 Å². The van der Waals surface area contributed by atoms with Gasteiger partial charge in [-0.1, -0.05) is 59.6 Å². The van der Waals surface area contributed by atoms with E-state index in [9.17, 15) is 9.59 Å². The van der Waals surface area contributed by atoms with Gasteiger partial charge in [-0.25, -0.2) is 0 Å². The van der Waals surface area contributed by atoms with Crippen molar-refractivity contribution in [1.29, 1.82) is 0 Å². The van der Waals surface area contributed by atoms with Crippen LogP contribution in [0.5, 0.6) is 0 Å².